The molecule has 3 aromatic heterocycles. The molecule has 0 amide bonds. The summed E-state index contributed by atoms with van der Waals surface area (Å²) in [5.41, 5.74) is 5.45. The van der Waals surface area contributed by atoms with Crippen LogP contribution in [-0.4, -0.2) is 70.5 Å². The Morgan fingerprint density at radius 2 is 1.73 bits per heavy atom. The van der Waals surface area contributed by atoms with Gasteiger partial charge in [-0.15, -0.1) is 0 Å². The van der Waals surface area contributed by atoms with Crippen molar-refractivity contribution in [2.45, 2.75) is 45.6 Å². The zero-order valence-electron chi connectivity index (χ0n) is 21.7. The molecule has 4 aromatic rings. The van der Waals surface area contributed by atoms with Crippen LogP contribution < -0.4 is 14.7 Å². The number of fused-ring (bicyclic) bond motifs is 2. The van der Waals surface area contributed by atoms with Crippen molar-refractivity contribution in [1.82, 2.24) is 24.6 Å². The van der Waals surface area contributed by atoms with E-state index in [9.17, 15) is 0 Å². The number of anilines is 3. The molecule has 3 fully saturated rings. The molecule has 0 bridgehead atoms. The second-order valence-electron chi connectivity index (χ2n) is 10.6. The highest BCUT2D eigenvalue weighted by atomic mass is 16.5. The lowest BCUT2D eigenvalue weighted by molar-refractivity contribution is 0.122. The van der Waals surface area contributed by atoms with Gasteiger partial charge < -0.3 is 19.4 Å². The van der Waals surface area contributed by atoms with Crippen LogP contribution in [0.2, 0.25) is 0 Å². The third-order valence-corrected chi connectivity index (χ3v) is 8.10. The molecule has 0 N–H and O–H groups in total. The van der Waals surface area contributed by atoms with Gasteiger partial charge in [0.2, 0.25) is 0 Å². The molecule has 0 saturated carbocycles. The van der Waals surface area contributed by atoms with Gasteiger partial charge in [-0.1, -0.05) is 6.07 Å². The summed E-state index contributed by atoms with van der Waals surface area (Å²) in [5, 5.41) is 6.37. The van der Waals surface area contributed by atoms with Crippen LogP contribution in [0, 0.1) is 13.8 Å². The maximum absolute atomic E-state index is 5.64. The van der Waals surface area contributed by atoms with E-state index < -0.39 is 0 Å². The molecule has 0 aliphatic carbocycles. The van der Waals surface area contributed by atoms with Crippen LogP contribution in [0.3, 0.4) is 0 Å². The summed E-state index contributed by atoms with van der Waals surface area (Å²) in [6.07, 6.45) is 6.32. The van der Waals surface area contributed by atoms with E-state index in [-0.39, 0.29) is 6.04 Å². The van der Waals surface area contributed by atoms with Gasteiger partial charge in [-0.2, -0.15) is 9.61 Å². The first-order valence-electron chi connectivity index (χ1n) is 13.6. The molecule has 1 unspecified atom stereocenters. The van der Waals surface area contributed by atoms with E-state index in [0.717, 1.165) is 98.5 Å². The van der Waals surface area contributed by atoms with Crippen molar-refractivity contribution in [3.05, 3.63) is 47.4 Å². The summed E-state index contributed by atoms with van der Waals surface area (Å²) in [6, 6.07) is 8.97. The number of aryl methyl sites for hydroxylation is 2. The third-order valence-electron chi connectivity index (χ3n) is 8.10. The first-order chi connectivity index (χ1) is 18.2. The van der Waals surface area contributed by atoms with Gasteiger partial charge in [0.15, 0.2) is 5.65 Å². The summed E-state index contributed by atoms with van der Waals surface area (Å²) in [7, 11) is 0. The van der Waals surface area contributed by atoms with Gasteiger partial charge in [-0.3, -0.25) is 0 Å². The van der Waals surface area contributed by atoms with E-state index in [4.69, 9.17) is 19.8 Å². The van der Waals surface area contributed by atoms with Gasteiger partial charge in [-0.25, -0.2) is 15.0 Å². The minimum Gasteiger partial charge on any atom is -0.378 e. The predicted octanol–water partition coefficient (Wildman–Crippen LogP) is 4.07. The maximum Gasteiger partial charge on any atom is 0.160 e. The van der Waals surface area contributed by atoms with Crippen molar-refractivity contribution in [1.29, 1.82) is 0 Å². The van der Waals surface area contributed by atoms with Gasteiger partial charge in [-0.05, 0) is 56.7 Å². The summed E-state index contributed by atoms with van der Waals surface area (Å²) in [4.78, 5) is 21.7. The number of piperidine rings is 1. The van der Waals surface area contributed by atoms with Crippen molar-refractivity contribution in [3.63, 3.8) is 0 Å². The molecule has 3 aliphatic rings. The van der Waals surface area contributed by atoms with Crippen molar-refractivity contribution in [3.8, 4) is 0 Å². The number of hydrogen-bond donors (Lipinski definition) is 0. The zero-order valence-corrected chi connectivity index (χ0v) is 21.7. The standard InChI is InChI=1S/C28H34N8O/c1-19-14-20(2)27-22(15-19)29-18-30-28(27)35-9-4-3-6-23(35)21-16-25-31-24(33-7-5-8-33)17-26(36(25)32-21)34-10-12-37-13-11-34/h14-18,23H,3-13H2,1-2H3. The molecule has 0 spiro atoms. The molecule has 6 heterocycles. The van der Waals surface area contributed by atoms with Crippen LogP contribution in [0.4, 0.5) is 17.5 Å². The van der Waals surface area contributed by atoms with E-state index in [0.29, 0.717) is 0 Å². The molecule has 9 nitrogen and oxygen atoms in total. The molecule has 7 rings (SSSR count). The van der Waals surface area contributed by atoms with Crippen LogP contribution in [0.5, 0.6) is 0 Å². The Labute approximate surface area is 217 Å². The molecule has 3 aliphatic heterocycles. The second-order valence-corrected chi connectivity index (χ2v) is 10.6. The summed E-state index contributed by atoms with van der Waals surface area (Å²) >= 11 is 0. The maximum atomic E-state index is 5.64. The SMILES string of the molecule is Cc1cc(C)c2c(N3CCCCC3c3cc4nc(N5CCC5)cc(N5CCOCC5)n4n3)ncnc2c1. The fraction of sp³-hybridized carbons (Fsp3) is 0.500. The molecule has 37 heavy (non-hydrogen) atoms. The lowest BCUT2D eigenvalue weighted by Crippen LogP contribution is -2.40. The Balaban J connectivity index is 1.33. The normalized spacial score (nSPS) is 20.6. The van der Waals surface area contributed by atoms with E-state index in [1.165, 1.54) is 24.0 Å². The fourth-order valence-corrected chi connectivity index (χ4v) is 6.11. The number of benzene rings is 1. The number of ether oxygens (including phenoxy) is 1. The number of hydrogen-bond acceptors (Lipinski definition) is 8. The van der Waals surface area contributed by atoms with Crippen LogP contribution in [0.15, 0.2) is 30.6 Å². The highest BCUT2D eigenvalue weighted by Crippen LogP contribution is 2.38. The Morgan fingerprint density at radius 1 is 0.865 bits per heavy atom. The first kappa shape index (κ1) is 22.7. The van der Waals surface area contributed by atoms with Crippen LogP contribution in [-0.2, 0) is 4.74 Å². The van der Waals surface area contributed by atoms with Crippen LogP contribution in [0.25, 0.3) is 16.6 Å². The van der Waals surface area contributed by atoms with Crippen molar-refractivity contribution < 1.29 is 4.74 Å². The summed E-state index contributed by atoms with van der Waals surface area (Å²) in [5.74, 6) is 3.19. The number of nitrogens with zero attached hydrogens (tertiary/aromatic N) is 8. The van der Waals surface area contributed by atoms with Gasteiger partial charge >= 0.3 is 0 Å². The quantitative estimate of drug-likeness (QED) is 0.417. The monoisotopic (exact) mass is 498 g/mol. The molecule has 192 valence electrons. The molecule has 1 aromatic carbocycles. The molecule has 0 radical (unpaired) electrons. The Bertz CT molecular complexity index is 1460. The van der Waals surface area contributed by atoms with Gasteiger partial charge in [0, 0.05) is 50.2 Å². The molecular formula is C28H34N8O. The highest BCUT2D eigenvalue weighted by molar-refractivity contribution is 5.93. The Hall–Kier alpha value is -3.46. The largest absolute Gasteiger partial charge is 0.378 e. The highest BCUT2D eigenvalue weighted by Gasteiger charge is 2.30. The minimum absolute atomic E-state index is 0.152. The van der Waals surface area contributed by atoms with E-state index in [1.54, 1.807) is 6.33 Å². The van der Waals surface area contributed by atoms with Crippen molar-refractivity contribution in [2.75, 3.05) is 60.6 Å². The molecule has 3 saturated heterocycles. The Morgan fingerprint density at radius 3 is 2.54 bits per heavy atom. The van der Waals surface area contributed by atoms with E-state index >= 15 is 0 Å². The first-order valence-corrected chi connectivity index (χ1v) is 13.6. The average molecular weight is 499 g/mol. The van der Waals surface area contributed by atoms with Crippen LogP contribution >= 0.6 is 0 Å². The number of rotatable bonds is 4. The van der Waals surface area contributed by atoms with Gasteiger partial charge in [0.05, 0.1) is 30.5 Å². The number of aromatic nitrogens is 5. The molecular weight excluding hydrogens is 464 g/mol. The number of morpholine rings is 1. The topological polar surface area (TPSA) is 74.9 Å². The van der Waals surface area contributed by atoms with Crippen molar-refractivity contribution >= 4 is 34.0 Å². The Kier molecular flexibility index (Phi) is 5.61. The van der Waals surface area contributed by atoms with Crippen molar-refractivity contribution in [2.24, 2.45) is 0 Å². The fourth-order valence-electron chi connectivity index (χ4n) is 6.11. The lowest BCUT2D eigenvalue weighted by atomic mass is 9.98. The average Bonchev–Trinajstić information content (AvgIpc) is 3.31. The van der Waals surface area contributed by atoms with Gasteiger partial charge in [0.1, 0.15) is 23.8 Å². The summed E-state index contributed by atoms with van der Waals surface area (Å²) in [6.45, 7) is 10.6. The van der Waals surface area contributed by atoms with Gasteiger partial charge in [0.25, 0.3) is 0 Å². The lowest BCUT2D eigenvalue weighted by Gasteiger charge is -2.36. The molecule has 1 atom stereocenters. The van der Waals surface area contributed by atoms with E-state index in [1.807, 2.05) is 0 Å². The summed E-state index contributed by atoms with van der Waals surface area (Å²) < 4.78 is 7.70. The predicted molar refractivity (Wildman–Crippen MR) is 146 cm³/mol. The van der Waals surface area contributed by atoms with Crippen LogP contribution in [0.1, 0.15) is 48.5 Å². The smallest absolute Gasteiger partial charge is 0.160 e. The third kappa shape index (κ3) is 3.96. The van der Waals surface area contributed by atoms with E-state index in [2.05, 4.69) is 62.3 Å². The zero-order chi connectivity index (χ0) is 24.9. The molecule has 9 heteroatoms. The second kappa shape index (κ2) is 9.13. The minimum atomic E-state index is 0.152.